The van der Waals surface area contributed by atoms with Gasteiger partial charge in [-0.1, -0.05) is 6.92 Å². The van der Waals surface area contributed by atoms with Crippen molar-refractivity contribution < 1.29 is 9.18 Å². The summed E-state index contributed by atoms with van der Waals surface area (Å²) in [6.07, 6.45) is 0.996. The van der Waals surface area contributed by atoms with Crippen LogP contribution in [0.3, 0.4) is 0 Å². The van der Waals surface area contributed by atoms with E-state index in [4.69, 9.17) is 0 Å². The average molecular weight is 209 g/mol. The second-order valence-electron chi connectivity index (χ2n) is 3.56. The highest BCUT2D eigenvalue weighted by Crippen LogP contribution is 2.09. The van der Waals surface area contributed by atoms with Crippen LogP contribution in [0.25, 0.3) is 0 Å². The summed E-state index contributed by atoms with van der Waals surface area (Å²) in [4.78, 5) is 11.6. The third-order valence-corrected chi connectivity index (χ3v) is 2.19. The predicted octanol–water partition coefficient (Wildman–Crippen LogP) is 2.32. The van der Waals surface area contributed by atoms with E-state index in [1.54, 1.807) is 13.0 Å². The number of ketones is 1. The van der Waals surface area contributed by atoms with Gasteiger partial charge in [-0.3, -0.25) is 4.79 Å². The van der Waals surface area contributed by atoms with Crippen LogP contribution in [0.15, 0.2) is 18.2 Å². The number of halogens is 1. The molecule has 0 aliphatic heterocycles. The standard InChI is InChI=1S/C12H16FNO/c1-3-6-14-8-12(15)10-4-5-11(13)9(2)7-10/h4-5,7,14H,3,6,8H2,1-2H3. The molecule has 0 aliphatic carbocycles. The van der Waals surface area contributed by atoms with E-state index in [9.17, 15) is 9.18 Å². The van der Waals surface area contributed by atoms with Gasteiger partial charge in [0.25, 0.3) is 0 Å². The lowest BCUT2D eigenvalue weighted by atomic mass is 10.1. The Labute approximate surface area is 89.5 Å². The SMILES string of the molecule is CCCNCC(=O)c1ccc(F)c(C)c1. The van der Waals surface area contributed by atoms with E-state index in [-0.39, 0.29) is 11.6 Å². The highest BCUT2D eigenvalue weighted by Gasteiger charge is 2.06. The number of carbonyl (C=O) groups excluding carboxylic acids is 1. The van der Waals surface area contributed by atoms with Gasteiger partial charge in [-0.05, 0) is 43.7 Å². The maximum atomic E-state index is 12.9. The van der Waals surface area contributed by atoms with Crippen LogP contribution in [0.4, 0.5) is 4.39 Å². The first-order valence-corrected chi connectivity index (χ1v) is 5.15. The molecular formula is C12H16FNO. The largest absolute Gasteiger partial charge is 0.310 e. The zero-order valence-corrected chi connectivity index (χ0v) is 9.14. The normalized spacial score (nSPS) is 10.3. The summed E-state index contributed by atoms with van der Waals surface area (Å²) in [5.41, 5.74) is 1.08. The number of carbonyl (C=O) groups is 1. The first-order chi connectivity index (χ1) is 7.15. The maximum Gasteiger partial charge on any atom is 0.176 e. The van der Waals surface area contributed by atoms with Crippen LogP contribution in [0.1, 0.15) is 29.3 Å². The third kappa shape index (κ3) is 3.44. The van der Waals surface area contributed by atoms with Crippen LogP contribution < -0.4 is 5.32 Å². The minimum absolute atomic E-state index is 0.00606. The average Bonchev–Trinajstić information content (AvgIpc) is 2.22. The molecule has 0 unspecified atom stereocenters. The van der Waals surface area contributed by atoms with Crippen molar-refractivity contribution in [3.63, 3.8) is 0 Å². The van der Waals surface area contributed by atoms with E-state index in [0.29, 0.717) is 17.7 Å². The van der Waals surface area contributed by atoms with Gasteiger partial charge in [-0.25, -0.2) is 4.39 Å². The number of aryl methyl sites for hydroxylation is 1. The van der Waals surface area contributed by atoms with E-state index >= 15 is 0 Å². The smallest absolute Gasteiger partial charge is 0.176 e. The van der Waals surface area contributed by atoms with Crippen molar-refractivity contribution in [2.45, 2.75) is 20.3 Å². The number of rotatable bonds is 5. The third-order valence-electron chi connectivity index (χ3n) is 2.19. The number of nitrogens with one attached hydrogen (secondary N) is 1. The van der Waals surface area contributed by atoms with E-state index in [1.165, 1.54) is 12.1 Å². The van der Waals surface area contributed by atoms with Gasteiger partial charge < -0.3 is 5.32 Å². The van der Waals surface area contributed by atoms with Gasteiger partial charge >= 0.3 is 0 Å². The lowest BCUT2D eigenvalue weighted by Gasteiger charge is -2.04. The number of benzene rings is 1. The summed E-state index contributed by atoms with van der Waals surface area (Å²) in [7, 11) is 0. The Morgan fingerprint density at radius 2 is 2.20 bits per heavy atom. The Kier molecular flexibility index (Phi) is 4.43. The van der Waals surface area contributed by atoms with E-state index < -0.39 is 0 Å². The van der Waals surface area contributed by atoms with E-state index in [1.807, 2.05) is 6.92 Å². The molecule has 1 N–H and O–H groups in total. The van der Waals surface area contributed by atoms with Crippen LogP contribution >= 0.6 is 0 Å². The minimum Gasteiger partial charge on any atom is -0.310 e. The Balaban J connectivity index is 2.62. The summed E-state index contributed by atoms with van der Waals surface area (Å²) in [5.74, 6) is -0.264. The molecule has 1 aromatic carbocycles. The van der Waals surface area contributed by atoms with Gasteiger partial charge in [-0.15, -0.1) is 0 Å². The van der Waals surface area contributed by atoms with Gasteiger partial charge in [0.1, 0.15) is 5.82 Å². The fourth-order valence-corrected chi connectivity index (χ4v) is 1.30. The molecule has 0 saturated heterocycles. The number of hydrogen-bond acceptors (Lipinski definition) is 2. The van der Waals surface area contributed by atoms with Crippen molar-refractivity contribution >= 4 is 5.78 Å². The molecule has 82 valence electrons. The van der Waals surface area contributed by atoms with E-state index in [0.717, 1.165) is 13.0 Å². The van der Waals surface area contributed by atoms with Crippen LogP contribution in [0.5, 0.6) is 0 Å². The monoisotopic (exact) mass is 209 g/mol. The molecule has 0 radical (unpaired) electrons. The molecule has 0 amide bonds. The number of hydrogen-bond donors (Lipinski definition) is 1. The van der Waals surface area contributed by atoms with Crippen molar-refractivity contribution in [3.05, 3.63) is 35.1 Å². The highest BCUT2D eigenvalue weighted by molar-refractivity contribution is 5.97. The van der Waals surface area contributed by atoms with Crippen molar-refractivity contribution in [2.24, 2.45) is 0 Å². The molecule has 1 rings (SSSR count). The van der Waals surface area contributed by atoms with Gasteiger partial charge in [-0.2, -0.15) is 0 Å². The molecule has 1 aromatic rings. The zero-order chi connectivity index (χ0) is 11.3. The Morgan fingerprint density at radius 3 is 2.80 bits per heavy atom. The quantitative estimate of drug-likeness (QED) is 0.595. The molecule has 0 saturated carbocycles. The van der Waals surface area contributed by atoms with Crippen LogP contribution in [0.2, 0.25) is 0 Å². The molecule has 3 heteroatoms. The molecule has 0 spiro atoms. The van der Waals surface area contributed by atoms with Crippen molar-refractivity contribution in [1.29, 1.82) is 0 Å². The second-order valence-corrected chi connectivity index (χ2v) is 3.56. The lowest BCUT2D eigenvalue weighted by Crippen LogP contribution is -2.23. The Bertz CT molecular complexity index is 349. The van der Waals surface area contributed by atoms with Crippen LogP contribution in [0, 0.1) is 12.7 Å². The van der Waals surface area contributed by atoms with Crippen molar-refractivity contribution in [1.82, 2.24) is 5.32 Å². The molecule has 15 heavy (non-hydrogen) atoms. The summed E-state index contributed by atoms with van der Waals surface area (Å²) in [6, 6.07) is 4.45. The molecular weight excluding hydrogens is 193 g/mol. The van der Waals surface area contributed by atoms with Crippen LogP contribution in [-0.4, -0.2) is 18.9 Å². The van der Waals surface area contributed by atoms with Crippen molar-refractivity contribution in [2.75, 3.05) is 13.1 Å². The molecule has 0 aliphatic rings. The summed E-state index contributed by atoms with van der Waals surface area (Å²) in [5, 5.41) is 3.02. The maximum absolute atomic E-state index is 12.9. The molecule has 0 aromatic heterocycles. The Hall–Kier alpha value is -1.22. The number of Topliss-reactive ketones (excluding diaryl/α,β-unsaturated/α-hetero) is 1. The van der Waals surface area contributed by atoms with E-state index in [2.05, 4.69) is 5.32 Å². The topological polar surface area (TPSA) is 29.1 Å². The molecule has 0 fully saturated rings. The van der Waals surface area contributed by atoms with Gasteiger partial charge in [0, 0.05) is 5.56 Å². The van der Waals surface area contributed by atoms with Gasteiger partial charge in [0.2, 0.25) is 0 Å². The highest BCUT2D eigenvalue weighted by atomic mass is 19.1. The fourth-order valence-electron chi connectivity index (χ4n) is 1.30. The summed E-state index contributed by atoms with van der Waals surface area (Å²) in [6.45, 7) is 4.84. The van der Waals surface area contributed by atoms with Crippen LogP contribution in [-0.2, 0) is 0 Å². The first-order valence-electron chi connectivity index (χ1n) is 5.15. The minimum atomic E-state index is -0.270. The summed E-state index contributed by atoms with van der Waals surface area (Å²) >= 11 is 0. The van der Waals surface area contributed by atoms with Crippen molar-refractivity contribution in [3.8, 4) is 0 Å². The van der Waals surface area contributed by atoms with Gasteiger partial charge in [0.05, 0.1) is 6.54 Å². The fraction of sp³-hybridized carbons (Fsp3) is 0.417. The Morgan fingerprint density at radius 1 is 1.47 bits per heavy atom. The second kappa shape index (κ2) is 5.61. The zero-order valence-electron chi connectivity index (χ0n) is 9.14. The summed E-state index contributed by atoms with van der Waals surface area (Å²) < 4.78 is 12.9. The first kappa shape index (κ1) is 11.9. The molecule has 0 bridgehead atoms. The lowest BCUT2D eigenvalue weighted by molar-refractivity contribution is 0.0991. The predicted molar refractivity (Wildman–Crippen MR) is 58.6 cm³/mol. The van der Waals surface area contributed by atoms with Gasteiger partial charge in [0.15, 0.2) is 5.78 Å². The molecule has 2 nitrogen and oxygen atoms in total. The molecule has 0 atom stereocenters. The molecule has 0 heterocycles.